The van der Waals surface area contributed by atoms with Crippen molar-refractivity contribution in [3.05, 3.63) is 61.1 Å². The van der Waals surface area contributed by atoms with Crippen LogP contribution in [0.25, 0.3) is 44.1 Å². The fourth-order valence-electron chi connectivity index (χ4n) is 3.27. The zero-order valence-electron chi connectivity index (χ0n) is 13.5. The number of fused-ring (bicyclic) bond motifs is 4. The molecule has 0 bridgehead atoms. The predicted octanol–water partition coefficient (Wildman–Crippen LogP) is 4.33. The summed E-state index contributed by atoms with van der Waals surface area (Å²) >= 11 is 0. The monoisotopic (exact) mass is 326 g/mol. The molecule has 0 saturated heterocycles. The largest absolute Gasteiger partial charge is 0.497 e. The third-order valence-corrected chi connectivity index (χ3v) is 4.47. The number of hydrogen-bond donors (Lipinski definition) is 1. The molecule has 5 nitrogen and oxygen atoms in total. The molecule has 5 rings (SSSR count). The number of methoxy groups -OCH3 is 1. The lowest BCUT2D eigenvalue weighted by atomic mass is 10.1. The summed E-state index contributed by atoms with van der Waals surface area (Å²) in [5.74, 6) is 0.828. The lowest BCUT2D eigenvalue weighted by Crippen LogP contribution is -1.87. The molecular formula is C20H14N4O. The van der Waals surface area contributed by atoms with E-state index in [9.17, 15) is 0 Å². The molecule has 2 aromatic carbocycles. The first-order valence-corrected chi connectivity index (χ1v) is 7.99. The first kappa shape index (κ1) is 13.9. The Hall–Kier alpha value is -3.47. The van der Waals surface area contributed by atoms with E-state index in [4.69, 9.17) is 4.74 Å². The third-order valence-electron chi connectivity index (χ3n) is 4.47. The van der Waals surface area contributed by atoms with Crippen LogP contribution in [0.2, 0.25) is 0 Å². The van der Waals surface area contributed by atoms with Gasteiger partial charge in [-0.1, -0.05) is 6.07 Å². The zero-order chi connectivity index (χ0) is 16.8. The summed E-state index contributed by atoms with van der Waals surface area (Å²) < 4.78 is 5.33. The number of nitrogens with zero attached hydrogens (tertiary/aromatic N) is 3. The Labute approximate surface area is 143 Å². The van der Waals surface area contributed by atoms with Crippen molar-refractivity contribution in [3.8, 4) is 17.0 Å². The molecule has 0 unspecified atom stereocenters. The highest BCUT2D eigenvalue weighted by molar-refractivity contribution is 6.11. The van der Waals surface area contributed by atoms with Gasteiger partial charge in [0.25, 0.3) is 0 Å². The van der Waals surface area contributed by atoms with Crippen LogP contribution in [0.4, 0.5) is 0 Å². The van der Waals surface area contributed by atoms with Crippen LogP contribution in [0.15, 0.2) is 61.1 Å². The van der Waals surface area contributed by atoms with E-state index in [-0.39, 0.29) is 0 Å². The lowest BCUT2D eigenvalue weighted by Gasteiger charge is -2.04. The second kappa shape index (κ2) is 5.27. The molecule has 0 aliphatic rings. The van der Waals surface area contributed by atoms with E-state index in [1.165, 1.54) is 0 Å². The fourth-order valence-corrected chi connectivity index (χ4v) is 3.27. The summed E-state index contributed by atoms with van der Waals surface area (Å²) in [6, 6.07) is 14.1. The molecule has 0 fully saturated rings. The van der Waals surface area contributed by atoms with Gasteiger partial charge in [-0.25, -0.2) is 0 Å². The van der Waals surface area contributed by atoms with Crippen molar-refractivity contribution < 1.29 is 4.74 Å². The normalized spacial score (nSPS) is 11.4. The van der Waals surface area contributed by atoms with E-state index in [2.05, 4.69) is 26.0 Å². The van der Waals surface area contributed by atoms with Crippen molar-refractivity contribution >= 4 is 32.8 Å². The summed E-state index contributed by atoms with van der Waals surface area (Å²) in [7, 11) is 1.67. The predicted molar refractivity (Wildman–Crippen MR) is 98.7 cm³/mol. The average Bonchev–Trinajstić information content (AvgIpc) is 3.05. The maximum Gasteiger partial charge on any atom is 0.120 e. The maximum absolute atomic E-state index is 5.33. The Bertz CT molecular complexity index is 1240. The topological polar surface area (TPSA) is 63.7 Å². The number of aromatic nitrogens is 4. The summed E-state index contributed by atoms with van der Waals surface area (Å²) in [4.78, 5) is 16.8. The number of H-pyrrole nitrogens is 1. The van der Waals surface area contributed by atoms with Gasteiger partial charge < -0.3 is 9.72 Å². The van der Waals surface area contributed by atoms with Gasteiger partial charge in [0.15, 0.2) is 0 Å². The van der Waals surface area contributed by atoms with Gasteiger partial charge >= 0.3 is 0 Å². The Morgan fingerprint density at radius 1 is 0.800 bits per heavy atom. The number of rotatable bonds is 2. The van der Waals surface area contributed by atoms with E-state index < -0.39 is 0 Å². The number of pyridine rings is 1. The van der Waals surface area contributed by atoms with Crippen molar-refractivity contribution in [2.75, 3.05) is 7.11 Å². The van der Waals surface area contributed by atoms with Crippen molar-refractivity contribution in [3.63, 3.8) is 0 Å². The molecule has 0 aliphatic carbocycles. The van der Waals surface area contributed by atoms with Gasteiger partial charge in [-0.2, -0.15) is 0 Å². The second-order valence-electron chi connectivity index (χ2n) is 5.88. The second-order valence-corrected chi connectivity index (χ2v) is 5.88. The number of ether oxygens (including phenoxy) is 1. The quantitative estimate of drug-likeness (QED) is 0.524. The molecule has 120 valence electrons. The van der Waals surface area contributed by atoms with Gasteiger partial charge in [0, 0.05) is 41.0 Å². The molecule has 5 aromatic rings. The van der Waals surface area contributed by atoms with Crippen molar-refractivity contribution in [1.82, 2.24) is 19.9 Å². The highest BCUT2D eigenvalue weighted by Gasteiger charge is 2.12. The highest BCUT2D eigenvalue weighted by Crippen LogP contribution is 2.33. The number of benzene rings is 2. The molecule has 1 N–H and O–H groups in total. The van der Waals surface area contributed by atoms with Gasteiger partial charge in [-0.15, -0.1) is 0 Å². The fraction of sp³-hybridized carbons (Fsp3) is 0.0500. The minimum absolute atomic E-state index is 0.828. The van der Waals surface area contributed by atoms with Crippen LogP contribution in [-0.2, 0) is 0 Å². The van der Waals surface area contributed by atoms with Gasteiger partial charge in [0.2, 0.25) is 0 Å². The van der Waals surface area contributed by atoms with Crippen LogP contribution in [-0.4, -0.2) is 27.0 Å². The van der Waals surface area contributed by atoms with Crippen LogP contribution < -0.4 is 4.74 Å². The summed E-state index contributed by atoms with van der Waals surface area (Å²) in [6.45, 7) is 0. The molecule has 0 aliphatic heterocycles. The highest BCUT2D eigenvalue weighted by atomic mass is 16.5. The van der Waals surface area contributed by atoms with Gasteiger partial charge in [-0.3, -0.25) is 15.0 Å². The number of aromatic amines is 1. The third kappa shape index (κ3) is 2.13. The van der Waals surface area contributed by atoms with Crippen LogP contribution in [0.1, 0.15) is 0 Å². The van der Waals surface area contributed by atoms with E-state index in [0.29, 0.717) is 0 Å². The molecule has 0 atom stereocenters. The maximum atomic E-state index is 5.33. The molecule has 0 radical (unpaired) electrons. The minimum Gasteiger partial charge on any atom is -0.497 e. The van der Waals surface area contributed by atoms with Crippen molar-refractivity contribution in [2.45, 2.75) is 0 Å². The first-order valence-electron chi connectivity index (χ1n) is 7.99. The summed E-state index contributed by atoms with van der Waals surface area (Å²) in [6.07, 6.45) is 5.25. The Morgan fingerprint density at radius 3 is 2.56 bits per heavy atom. The van der Waals surface area contributed by atoms with E-state index in [0.717, 1.165) is 49.8 Å². The average molecular weight is 326 g/mol. The molecule has 0 amide bonds. The molecule has 5 heteroatoms. The van der Waals surface area contributed by atoms with E-state index in [1.807, 2.05) is 42.6 Å². The Morgan fingerprint density at radius 2 is 1.68 bits per heavy atom. The molecule has 3 heterocycles. The van der Waals surface area contributed by atoms with Crippen LogP contribution in [0.3, 0.4) is 0 Å². The molecule has 0 saturated carbocycles. The van der Waals surface area contributed by atoms with Crippen molar-refractivity contribution in [1.29, 1.82) is 0 Å². The molecular weight excluding hydrogens is 312 g/mol. The minimum atomic E-state index is 0.828. The lowest BCUT2D eigenvalue weighted by molar-refractivity contribution is 0.415. The van der Waals surface area contributed by atoms with Crippen LogP contribution in [0.5, 0.6) is 5.75 Å². The summed E-state index contributed by atoms with van der Waals surface area (Å²) in [5, 5.41) is 2.29. The van der Waals surface area contributed by atoms with Gasteiger partial charge in [0.05, 0.1) is 34.9 Å². The zero-order valence-corrected chi connectivity index (χ0v) is 13.5. The Kier molecular flexibility index (Phi) is 2.94. The molecule has 3 aromatic heterocycles. The smallest absolute Gasteiger partial charge is 0.120 e. The summed E-state index contributed by atoms with van der Waals surface area (Å²) in [5.41, 5.74) is 5.69. The van der Waals surface area contributed by atoms with Crippen LogP contribution >= 0.6 is 0 Å². The SMILES string of the molecule is COc1ccc2c(c1)[nH]c1c(-c3ccc4nccnc4c3)nccc12. The van der Waals surface area contributed by atoms with Crippen LogP contribution in [0, 0.1) is 0 Å². The first-order chi connectivity index (χ1) is 12.3. The molecule has 0 spiro atoms. The molecule has 25 heavy (non-hydrogen) atoms. The number of hydrogen-bond acceptors (Lipinski definition) is 4. The van der Waals surface area contributed by atoms with Gasteiger partial charge in [0.1, 0.15) is 5.75 Å². The number of nitrogens with one attached hydrogen (secondary N) is 1. The van der Waals surface area contributed by atoms with Gasteiger partial charge in [-0.05, 0) is 30.3 Å². The van der Waals surface area contributed by atoms with Crippen molar-refractivity contribution in [2.24, 2.45) is 0 Å². The van der Waals surface area contributed by atoms with E-state index >= 15 is 0 Å². The van der Waals surface area contributed by atoms with E-state index in [1.54, 1.807) is 19.5 Å². The Balaban J connectivity index is 1.79. The standard InChI is InChI=1S/C20H14N4O/c1-25-13-3-4-14-15-6-7-23-19(20(15)24-17(14)11-13)12-2-5-16-18(10-12)22-9-8-21-16/h2-11,24H,1H3.